The summed E-state index contributed by atoms with van der Waals surface area (Å²) in [6, 6.07) is -1.14. The maximum atomic E-state index is 14.2. The van der Waals surface area contributed by atoms with Gasteiger partial charge in [-0.3, -0.25) is 14.4 Å². The van der Waals surface area contributed by atoms with Crippen LogP contribution in [0.3, 0.4) is 0 Å². The van der Waals surface area contributed by atoms with Gasteiger partial charge in [0.05, 0.1) is 29.2 Å². The number of aliphatic hydroxyl groups is 1. The molecule has 190 valence electrons. The topological polar surface area (TPSA) is 81.2 Å². The molecule has 3 aliphatic rings. The number of hydrogen-bond acceptors (Lipinski definition) is 5. The summed E-state index contributed by atoms with van der Waals surface area (Å²) < 4.78 is -0.664. The first-order valence-electron chi connectivity index (χ1n) is 12.6. The number of amides is 3. The van der Waals surface area contributed by atoms with Gasteiger partial charge in [0.15, 0.2) is 0 Å². The van der Waals surface area contributed by atoms with Gasteiger partial charge in [0, 0.05) is 31.9 Å². The van der Waals surface area contributed by atoms with Crippen LogP contribution >= 0.6 is 11.8 Å². The molecule has 34 heavy (non-hydrogen) atoms. The van der Waals surface area contributed by atoms with Crippen molar-refractivity contribution in [2.75, 3.05) is 33.3 Å². The van der Waals surface area contributed by atoms with Gasteiger partial charge in [-0.05, 0) is 25.2 Å². The second-order valence-corrected chi connectivity index (χ2v) is 11.5. The van der Waals surface area contributed by atoms with Crippen molar-refractivity contribution in [2.24, 2.45) is 17.8 Å². The Morgan fingerprint density at radius 3 is 2.50 bits per heavy atom. The molecular weight excluding hydrogens is 450 g/mol. The number of hydrogen-bond donors (Lipinski definition) is 1. The van der Waals surface area contributed by atoms with Crippen LogP contribution in [0.25, 0.3) is 0 Å². The summed E-state index contributed by atoms with van der Waals surface area (Å²) in [4.78, 5) is 46.9. The number of aliphatic hydroxyl groups excluding tert-OH is 1. The van der Waals surface area contributed by atoms with Crippen LogP contribution in [0, 0.1) is 17.8 Å². The molecule has 2 bridgehead atoms. The first-order chi connectivity index (χ1) is 16.2. The van der Waals surface area contributed by atoms with Gasteiger partial charge in [-0.15, -0.1) is 24.9 Å². The molecule has 0 radical (unpaired) electrons. The van der Waals surface area contributed by atoms with Crippen LogP contribution in [-0.2, 0) is 14.4 Å². The standard InChI is InChI=1S/C26H41N3O4S/c1-7-11-14-28(13-9-3)25(33)22-26-17(5)15-19(34-26)20(23(31)27(6)12-8-2)21(26)24(32)29(22)18(10-4)16-30/h8-9,17-22,30H,2-3,7,10-16H2,1,4-6H3/t17?,18-,19+,20-,21-,22?,26?/m0/s1. The van der Waals surface area contributed by atoms with Gasteiger partial charge in [-0.1, -0.05) is 39.3 Å². The van der Waals surface area contributed by atoms with Crippen LogP contribution in [0.5, 0.6) is 0 Å². The molecule has 3 unspecified atom stereocenters. The minimum atomic E-state index is -0.689. The molecule has 1 spiro atoms. The van der Waals surface area contributed by atoms with E-state index in [4.69, 9.17) is 0 Å². The zero-order valence-electron chi connectivity index (χ0n) is 21.1. The highest BCUT2D eigenvalue weighted by molar-refractivity contribution is 8.02. The first kappa shape index (κ1) is 26.8. The summed E-state index contributed by atoms with van der Waals surface area (Å²) >= 11 is 1.68. The van der Waals surface area contributed by atoms with Crippen LogP contribution in [0.15, 0.2) is 25.3 Å². The summed E-state index contributed by atoms with van der Waals surface area (Å²) in [6.07, 6.45) is 6.58. The Morgan fingerprint density at radius 2 is 1.94 bits per heavy atom. The number of rotatable bonds is 12. The molecule has 7 atom stereocenters. The number of carbonyl (C=O) groups excluding carboxylic acids is 3. The third-order valence-corrected chi connectivity index (χ3v) is 10.1. The summed E-state index contributed by atoms with van der Waals surface area (Å²) in [5.41, 5.74) is 0. The van der Waals surface area contributed by atoms with Crippen LogP contribution in [0.4, 0.5) is 0 Å². The van der Waals surface area contributed by atoms with E-state index in [0.717, 1.165) is 19.3 Å². The molecule has 7 nitrogen and oxygen atoms in total. The average molecular weight is 492 g/mol. The number of thioether (sulfide) groups is 1. The van der Waals surface area contributed by atoms with Crippen molar-refractivity contribution in [2.45, 2.75) is 68.5 Å². The Hall–Kier alpha value is -1.80. The number of nitrogens with zero attached hydrogens (tertiary/aromatic N) is 3. The number of carbonyl (C=O) groups is 3. The smallest absolute Gasteiger partial charge is 0.247 e. The van der Waals surface area contributed by atoms with E-state index < -0.39 is 28.7 Å². The Kier molecular flexibility index (Phi) is 8.56. The molecule has 3 heterocycles. The SMILES string of the molecule is C=CCN(C)C(=O)[C@@H]1[C@H]2C(=O)N([C@@H](CC)CO)C(C(=O)N(CC=C)CCCC)C23S[C@@H]1CC3C. The highest BCUT2D eigenvalue weighted by Gasteiger charge is 2.76. The third kappa shape index (κ3) is 4.11. The predicted octanol–water partition coefficient (Wildman–Crippen LogP) is 2.55. The minimum Gasteiger partial charge on any atom is -0.394 e. The lowest BCUT2D eigenvalue weighted by molar-refractivity contribution is -0.146. The van der Waals surface area contributed by atoms with Crippen molar-refractivity contribution in [3.8, 4) is 0 Å². The molecule has 0 aliphatic carbocycles. The maximum absolute atomic E-state index is 14.2. The van der Waals surface area contributed by atoms with E-state index in [0.29, 0.717) is 26.1 Å². The van der Waals surface area contributed by atoms with Crippen molar-refractivity contribution >= 4 is 29.5 Å². The Morgan fingerprint density at radius 1 is 1.26 bits per heavy atom. The van der Waals surface area contributed by atoms with Gasteiger partial charge in [0.25, 0.3) is 0 Å². The van der Waals surface area contributed by atoms with Crippen molar-refractivity contribution in [3.05, 3.63) is 25.3 Å². The van der Waals surface area contributed by atoms with Crippen molar-refractivity contribution in [1.29, 1.82) is 0 Å². The molecule has 3 saturated heterocycles. The fraction of sp³-hybridized carbons (Fsp3) is 0.731. The van der Waals surface area contributed by atoms with Crippen LogP contribution in [0.2, 0.25) is 0 Å². The fourth-order valence-corrected chi connectivity index (χ4v) is 8.73. The quantitative estimate of drug-likeness (QED) is 0.425. The molecular formula is C26H41N3O4S. The van der Waals surface area contributed by atoms with Gasteiger partial charge >= 0.3 is 0 Å². The molecule has 0 aromatic carbocycles. The van der Waals surface area contributed by atoms with E-state index in [1.165, 1.54) is 0 Å². The van der Waals surface area contributed by atoms with Crippen molar-refractivity contribution in [1.82, 2.24) is 14.7 Å². The zero-order valence-corrected chi connectivity index (χ0v) is 21.9. The number of likely N-dealkylation sites (tertiary alicyclic amines) is 1. The van der Waals surface area contributed by atoms with E-state index in [1.807, 2.05) is 11.8 Å². The minimum absolute atomic E-state index is 0.0128. The monoisotopic (exact) mass is 491 g/mol. The summed E-state index contributed by atoms with van der Waals surface area (Å²) in [5.74, 6) is -1.19. The molecule has 0 aromatic heterocycles. The molecule has 0 aromatic rings. The molecule has 0 saturated carbocycles. The van der Waals surface area contributed by atoms with E-state index in [9.17, 15) is 19.5 Å². The fourth-order valence-electron chi connectivity index (χ4n) is 6.34. The Bertz CT molecular complexity index is 816. The number of unbranched alkanes of at least 4 members (excludes halogenated alkanes) is 1. The third-order valence-electron chi connectivity index (χ3n) is 8.00. The van der Waals surface area contributed by atoms with Crippen LogP contribution in [0.1, 0.15) is 46.5 Å². The molecule has 3 fully saturated rings. The highest BCUT2D eigenvalue weighted by atomic mass is 32.2. The lowest BCUT2D eigenvalue weighted by Gasteiger charge is -2.42. The molecule has 3 aliphatic heterocycles. The molecule has 3 rings (SSSR count). The van der Waals surface area contributed by atoms with Crippen LogP contribution < -0.4 is 0 Å². The summed E-state index contributed by atoms with van der Waals surface area (Å²) in [5, 5.41) is 10.2. The van der Waals surface area contributed by atoms with E-state index in [-0.39, 0.29) is 35.5 Å². The second-order valence-electron chi connectivity index (χ2n) is 9.98. The van der Waals surface area contributed by atoms with Gasteiger partial charge in [-0.2, -0.15) is 0 Å². The lowest BCUT2D eigenvalue weighted by atomic mass is 9.65. The van der Waals surface area contributed by atoms with E-state index in [2.05, 4.69) is 27.0 Å². The molecule has 3 amide bonds. The predicted molar refractivity (Wildman–Crippen MR) is 136 cm³/mol. The zero-order chi connectivity index (χ0) is 25.2. The first-order valence-corrected chi connectivity index (χ1v) is 13.5. The van der Waals surface area contributed by atoms with Gasteiger partial charge in [0.2, 0.25) is 17.7 Å². The normalized spacial score (nSPS) is 32.4. The van der Waals surface area contributed by atoms with Crippen molar-refractivity contribution in [3.63, 3.8) is 0 Å². The Balaban J connectivity index is 2.10. The summed E-state index contributed by atoms with van der Waals surface area (Å²) in [7, 11) is 1.75. The molecule has 8 heteroatoms. The van der Waals surface area contributed by atoms with Crippen LogP contribution in [-0.4, -0.2) is 92.9 Å². The second kappa shape index (κ2) is 10.9. The largest absolute Gasteiger partial charge is 0.394 e. The van der Waals surface area contributed by atoms with Gasteiger partial charge < -0.3 is 19.8 Å². The summed E-state index contributed by atoms with van der Waals surface area (Å²) in [6.45, 7) is 14.9. The molecule has 1 N–H and O–H groups in total. The number of fused-ring (bicyclic) bond motifs is 1. The van der Waals surface area contributed by atoms with E-state index in [1.54, 1.807) is 40.8 Å². The lowest BCUT2D eigenvalue weighted by Crippen LogP contribution is -2.59. The van der Waals surface area contributed by atoms with Gasteiger partial charge in [0.1, 0.15) is 6.04 Å². The highest BCUT2D eigenvalue weighted by Crippen LogP contribution is 2.69. The van der Waals surface area contributed by atoms with E-state index >= 15 is 0 Å². The maximum Gasteiger partial charge on any atom is 0.247 e. The average Bonchev–Trinajstić information content (AvgIpc) is 3.41. The Labute approximate surface area is 208 Å². The van der Waals surface area contributed by atoms with Gasteiger partial charge in [-0.25, -0.2) is 0 Å². The van der Waals surface area contributed by atoms with Crippen molar-refractivity contribution < 1.29 is 19.5 Å². The number of likely N-dealkylation sites (N-methyl/N-ethyl adjacent to an activating group) is 1.